The Morgan fingerprint density at radius 2 is 1.83 bits per heavy atom. The molecule has 1 aliphatic heterocycles. The highest BCUT2D eigenvalue weighted by molar-refractivity contribution is 5.97. The molecule has 2 atom stereocenters. The summed E-state index contributed by atoms with van der Waals surface area (Å²) in [5.41, 5.74) is 0.480. The first-order valence-corrected chi connectivity index (χ1v) is 9.10. The number of benzene rings is 1. The number of amides is 2. The van der Waals surface area contributed by atoms with Crippen LogP contribution in [0.15, 0.2) is 41.0 Å². The van der Waals surface area contributed by atoms with Gasteiger partial charge in [-0.15, -0.1) is 0 Å². The second-order valence-corrected chi connectivity index (χ2v) is 6.81. The van der Waals surface area contributed by atoms with Crippen molar-refractivity contribution in [1.82, 2.24) is 5.32 Å². The lowest BCUT2D eigenvalue weighted by Gasteiger charge is -2.22. The highest BCUT2D eigenvalue weighted by Gasteiger charge is 2.30. The third kappa shape index (κ3) is 4.87. The van der Waals surface area contributed by atoms with E-state index in [0.717, 1.165) is 0 Å². The van der Waals surface area contributed by atoms with Crippen LogP contribution in [0, 0.1) is 5.92 Å². The number of nitrogens with one attached hydrogen (secondary N) is 2. The van der Waals surface area contributed by atoms with E-state index in [2.05, 4.69) is 10.6 Å². The number of carbonyl (C=O) groups excluding carboxylic acids is 3. The van der Waals surface area contributed by atoms with Crippen LogP contribution in [0.1, 0.15) is 31.3 Å². The van der Waals surface area contributed by atoms with Crippen LogP contribution in [0.2, 0.25) is 0 Å². The van der Waals surface area contributed by atoms with Gasteiger partial charge in [-0.25, -0.2) is 4.79 Å². The summed E-state index contributed by atoms with van der Waals surface area (Å²) in [4.78, 5) is 37.1. The predicted molar refractivity (Wildman–Crippen MR) is 102 cm³/mol. The zero-order valence-corrected chi connectivity index (χ0v) is 16.3. The molecule has 2 heterocycles. The Morgan fingerprint density at radius 3 is 2.52 bits per heavy atom. The third-order valence-electron chi connectivity index (χ3n) is 4.25. The molecule has 0 unspecified atom stereocenters. The van der Waals surface area contributed by atoms with Crippen LogP contribution < -0.4 is 20.1 Å². The minimum absolute atomic E-state index is 0.0806. The van der Waals surface area contributed by atoms with Crippen molar-refractivity contribution in [2.45, 2.75) is 32.9 Å². The first-order chi connectivity index (χ1) is 13.8. The van der Waals surface area contributed by atoms with Gasteiger partial charge in [0.2, 0.25) is 6.79 Å². The number of anilines is 1. The van der Waals surface area contributed by atoms with Gasteiger partial charge in [-0.3, -0.25) is 9.59 Å². The SMILES string of the molecule is CC(C)[C@H](NC(=O)c1ccco1)C(=O)O[C@@H](C)C(=O)Nc1ccc2c(c1)OCO2. The maximum Gasteiger partial charge on any atom is 0.329 e. The molecule has 3 rings (SSSR count). The van der Waals surface area contributed by atoms with E-state index >= 15 is 0 Å². The molecule has 0 fully saturated rings. The fraction of sp³-hybridized carbons (Fsp3) is 0.350. The van der Waals surface area contributed by atoms with Gasteiger partial charge in [-0.1, -0.05) is 13.8 Å². The molecule has 154 valence electrons. The van der Waals surface area contributed by atoms with Crippen molar-refractivity contribution in [2.75, 3.05) is 12.1 Å². The van der Waals surface area contributed by atoms with E-state index in [0.29, 0.717) is 17.2 Å². The van der Waals surface area contributed by atoms with Gasteiger partial charge in [-0.05, 0) is 37.1 Å². The number of furan rings is 1. The van der Waals surface area contributed by atoms with E-state index in [1.165, 1.54) is 19.3 Å². The molecule has 9 heteroatoms. The molecule has 2 N–H and O–H groups in total. The van der Waals surface area contributed by atoms with Gasteiger partial charge in [0, 0.05) is 11.8 Å². The molecule has 0 spiro atoms. The van der Waals surface area contributed by atoms with Gasteiger partial charge in [-0.2, -0.15) is 0 Å². The molecule has 0 aliphatic carbocycles. The average molecular weight is 402 g/mol. The minimum atomic E-state index is -1.07. The molecule has 2 amide bonds. The number of esters is 1. The lowest BCUT2D eigenvalue weighted by Crippen LogP contribution is -2.47. The number of fused-ring (bicyclic) bond motifs is 1. The van der Waals surface area contributed by atoms with Crippen molar-refractivity contribution < 1.29 is 33.0 Å². The van der Waals surface area contributed by atoms with Crippen LogP contribution in [-0.2, 0) is 14.3 Å². The molecule has 0 radical (unpaired) electrons. The summed E-state index contributed by atoms with van der Waals surface area (Å²) < 4.78 is 20.8. The average Bonchev–Trinajstić information content (AvgIpc) is 3.36. The molecule has 29 heavy (non-hydrogen) atoms. The monoisotopic (exact) mass is 402 g/mol. The topological polar surface area (TPSA) is 116 Å². The van der Waals surface area contributed by atoms with Gasteiger partial charge in [0.15, 0.2) is 23.4 Å². The zero-order valence-electron chi connectivity index (χ0n) is 16.3. The normalized spacial score (nSPS) is 14.2. The molecule has 1 aromatic carbocycles. The Morgan fingerprint density at radius 1 is 1.07 bits per heavy atom. The number of ether oxygens (including phenoxy) is 3. The summed E-state index contributed by atoms with van der Waals surface area (Å²) in [6.45, 7) is 5.09. The van der Waals surface area contributed by atoms with Gasteiger partial charge < -0.3 is 29.3 Å². The van der Waals surface area contributed by atoms with E-state index < -0.39 is 29.9 Å². The molecule has 0 saturated heterocycles. The second kappa shape index (κ2) is 8.68. The first kappa shape index (κ1) is 20.2. The molecule has 0 saturated carbocycles. The van der Waals surface area contributed by atoms with Gasteiger partial charge in [0.05, 0.1) is 6.26 Å². The quantitative estimate of drug-likeness (QED) is 0.683. The standard InChI is InChI=1S/C20H22N2O7/c1-11(2)17(22-19(24)15-5-4-8-26-15)20(25)29-12(3)18(23)21-13-6-7-14-16(9-13)28-10-27-14/h4-9,11-12,17H,10H2,1-3H3,(H,21,23)(H,22,24)/t12-,17-/m0/s1. The first-order valence-electron chi connectivity index (χ1n) is 9.10. The van der Waals surface area contributed by atoms with Crippen LogP contribution in [0.5, 0.6) is 11.5 Å². The van der Waals surface area contributed by atoms with Crippen molar-refractivity contribution in [3.8, 4) is 11.5 Å². The molecular weight excluding hydrogens is 380 g/mol. The summed E-state index contributed by atoms with van der Waals surface area (Å²) in [5, 5.41) is 5.23. The van der Waals surface area contributed by atoms with Crippen molar-refractivity contribution >= 4 is 23.5 Å². The third-order valence-corrected chi connectivity index (χ3v) is 4.25. The predicted octanol–water partition coefficient (Wildman–Crippen LogP) is 2.33. The molecule has 0 bridgehead atoms. The van der Waals surface area contributed by atoms with Crippen LogP contribution in [0.3, 0.4) is 0 Å². The van der Waals surface area contributed by atoms with Crippen LogP contribution >= 0.6 is 0 Å². The summed E-state index contributed by atoms with van der Waals surface area (Å²) in [5.74, 6) is -0.835. The Hall–Kier alpha value is -3.49. The van der Waals surface area contributed by atoms with Gasteiger partial charge in [0.25, 0.3) is 11.8 Å². The molecular formula is C20H22N2O7. The van der Waals surface area contributed by atoms with E-state index in [9.17, 15) is 14.4 Å². The van der Waals surface area contributed by atoms with E-state index in [4.69, 9.17) is 18.6 Å². The molecule has 2 aromatic rings. The van der Waals surface area contributed by atoms with Crippen molar-refractivity contribution in [3.63, 3.8) is 0 Å². The Kier molecular flexibility index (Phi) is 6.06. The summed E-state index contributed by atoms with van der Waals surface area (Å²) in [7, 11) is 0. The molecule has 9 nitrogen and oxygen atoms in total. The number of carbonyl (C=O) groups is 3. The van der Waals surface area contributed by atoms with Crippen molar-refractivity contribution in [1.29, 1.82) is 0 Å². The molecule has 1 aromatic heterocycles. The summed E-state index contributed by atoms with van der Waals surface area (Å²) in [6, 6.07) is 7.07. The van der Waals surface area contributed by atoms with E-state index in [1.807, 2.05) is 0 Å². The Labute approximate surface area is 167 Å². The van der Waals surface area contributed by atoms with Gasteiger partial charge >= 0.3 is 5.97 Å². The lowest BCUT2D eigenvalue weighted by molar-refractivity contribution is -0.156. The van der Waals surface area contributed by atoms with Crippen molar-refractivity contribution in [2.24, 2.45) is 5.92 Å². The molecule has 1 aliphatic rings. The van der Waals surface area contributed by atoms with E-state index in [1.54, 1.807) is 38.1 Å². The number of hydrogen-bond donors (Lipinski definition) is 2. The van der Waals surface area contributed by atoms with Gasteiger partial charge in [0.1, 0.15) is 6.04 Å². The van der Waals surface area contributed by atoms with Crippen molar-refractivity contribution in [3.05, 3.63) is 42.4 Å². The van der Waals surface area contributed by atoms with Crippen LogP contribution in [-0.4, -0.2) is 36.7 Å². The summed E-state index contributed by atoms with van der Waals surface area (Å²) >= 11 is 0. The van der Waals surface area contributed by atoms with Crippen LogP contribution in [0.25, 0.3) is 0 Å². The van der Waals surface area contributed by atoms with E-state index in [-0.39, 0.29) is 18.5 Å². The smallest absolute Gasteiger partial charge is 0.329 e. The Balaban J connectivity index is 1.58. The fourth-order valence-electron chi connectivity index (χ4n) is 2.64. The Bertz CT molecular complexity index is 892. The highest BCUT2D eigenvalue weighted by Crippen LogP contribution is 2.34. The maximum atomic E-state index is 12.5. The lowest BCUT2D eigenvalue weighted by atomic mass is 10.0. The van der Waals surface area contributed by atoms with Crippen LogP contribution in [0.4, 0.5) is 5.69 Å². The highest BCUT2D eigenvalue weighted by atomic mass is 16.7. The maximum absolute atomic E-state index is 12.5. The number of rotatable bonds is 7. The largest absolute Gasteiger partial charge is 0.459 e. The fourth-order valence-corrected chi connectivity index (χ4v) is 2.64. The second-order valence-electron chi connectivity index (χ2n) is 6.81. The zero-order chi connectivity index (χ0) is 21.0. The summed E-state index contributed by atoms with van der Waals surface area (Å²) in [6.07, 6.45) is 0.287. The minimum Gasteiger partial charge on any atom is -0.459 e. The number of hydrogen-bond acceptors (Lipinski definition) is 7.